The number of thiophene rings is 1. The Balaban J connectivity index is 2.21. The Hall–Kier alpha value is -0.320. The van der Waals surface area contributed by atoms with Crippen molar-refractivity contribution < 1.29 is 0 Å². The normalized spacial score (nSPS) is 12.5. The number of aryl methyl sites for hydroxylation is 2. The van der Waals surface area contributed by atoms with E-state index >= 15 is 0 Å². The summed E-state index contributed by atoms with van der Waals surface area (Å²) in [5, 5.41) is 3.55. The van der Waals surface area contributed by atoms with Crippen molar-refractivity contribution in [1.82, 2.24) is 0 Å². The molecule has 2 aromatic rings. The van der Waals surface area contributed by atoms with Gasteiger partial charge >= 0.3 is 0 Å². The monoisotopic (exact) mass is 387 g/mol. The van der Waals surface area contributed by atoms with Crippen molar-refractivity contribution in [3.63, 3.8) is 0 Å². The van der Waals surface area contributed by atoms with Crippen LogP contribution >= 0.6 is 43.2 Å². The van der Waals surface area contributed by atoms with E-state index in [0.29, 0.717) is 6.04 Å². The Morgan fingerprint density at radius 2 is 1.89 bits per heavy atom. The third kappa shape index (κ3) is 3.16. The first-order valence-corrected chi connectivity index (χ1v) is 8.16. The summed E-state index contributed by atoms with van der Waals surface area (Å²) < 4.78 is 2.16. The molecule has 0 saturated carbocycles. The predicted octanol–water partition coefficient (Wildman–Crippen LogP) is 6.06. The highest BCUT2D eigenvalue weighted by Crippen LogP contribution is 2.32. The van der Waals surface area contributed by atoms with Gasteiger partial charge in [-0.3, -0.25) is 0 Å². The lowest BCUT2D eigenvalue weighted by atomic mass is 10.1. The molecule has 1 heterocycles. The summed E-state index contributed by atoms with van der Waals surface area (Å²) in [7, 11) is 0. The molecule has 1 aromatic heterocycles. The van der Waals surface area contributed by atoms with Gasteiger partial charge in [-0.25, -0.2) is 0 Å². The van der Waals surface area contributed by atoms with Crippen LogP contribution in [-0.4, -0.2) is 0 Å². The van der Waals surface area contributed by atoms with Gasteiger partial charge in [0.2, 0.25) is 0 Å². The van der Waals surface area contributed by atoms with E-state index in [0.717, 1.165) is 14.6 Å². The zero-order chi connectivity index (χ0) is 13.3. The number of halogens is 2. The molecule has 96 valence electrons. The Morgan fingerprint density at radius 3 is 2.44 bits per heavy atom. The zero-order valence-electron chi connectivity index (χ0n) is 10.6. The van der Waals surface area contributed by atoms with E-state index < -0.39 is 0 Å². The lowest BCUT2D eigenvalue weighted by molar-refractivity contribution is 0.880. The van der Waals surface area contributed by atoms with Gasteiger partial charge in [0, 0.05) is 30.4 Å². The first-order chi connectivity index (χ1) is 8.47. The van der Waals surface area contributed by atoms with Crippen LogP contribution in [0, 0.1) is 13.8 Å². The Morgan fingerprint density at radius 1 is 1.17 bits per heavy atom. The van der Waals surface area contributed by atoms with Crippen molar-refractivity contribution >= 4 is 48.9 Å². The van der Waals surface area contributed by atoms with Crippen LogP contribution in [0.4, 0.5) is 5.69 Å². The van der Waals surface area contributed by atoms with Crippen molar-refractivity contribution in [2.75, 3.05) is 5.32 Å². The van der Waals surface area contributed by atoms with Gasteiger partial charge in [0.1, 0.15) is 0 Å². The zero-order valence-corrected chi connectivity index (χ0v) is 14.5. The van der Waals surface area contributed by atoms with Crippen LogP contribution in [0.1, 0.15) is 28.3 Å². The molecule has 2 rings (SSSR count). The third-order valence-corrected chi connectivity index (χ3v) is 4.98. The molecule has 4 heteroatoms. The molecule has 0 aliphatic heterocycles. The molecule has 0 radical (unpaired) electrons. The summed E-state index contributed by atoms with van der Waals surface area (Å²) in [5.41, 5.74) is 2.50. The maximum Gasteiger partial charge on any atom is 0.0497 e. The van der Waals surface area contributed by atoms with Crippen LogP contribution in [0.2, 0.25) is 0 Å². The van der Waals surface area contributed by atoms with Crippen molar-refractivity contribution in [2.24, 2.45) is 0 Å². The van der Waals surface area contributed by atoms with E-state index in [9.17, 15) is 0 Å². The summed E-state index contributed by atoms with van der Waals surface area (Å²) in [5.74, 6) is 0. The van der Waals surface area contributed by atoms with Crippen molar-refractivity contribution in [3.05, 3.63) is 48.5 Å². The second-order valence-electron chi connectivity index (χ2n) is 4.36. The largest absolute Gasteiger partial charge is 0.378 e. The average molecular weight is 389 g/mol. The molecule has 1 N–H and O–H groups in total. The smallest absolute Gasteiger partial charge is 0.0497 e. The number of nitrogens with one attached hydrogen (secondary N) is 1. The van der Waals surface area contributed by atoms with E-state index in [1.165, 1.54) is 15.3 Å². The average Bonchev–Trinajstić information content (AvgIpc) is 2.62. The SMILES string of the molecule is Cc1cc(C(C)Nc2ccc(Br)cc2Br)c(C)s1. The second-order valence-corrected chi connectivity index (χ2v) is 7.59. The molecule has 0 aliphatic carbocycles. The van der Waals surface area contributed by atoms with E-state index in [4.69, 9.17) is 0 Å². The molecule has 0 saturated heterocycles. The summed E-state index contributed by atoms with van der Waals surface area (Å²) in [6.45, 7) is 6.54. The minimum Gasteiger partial charge on any atom is -0.378 e. The Labute approximate surface area is 129 Å². The molecule has 0 amide bonds. The molecule has 0 spiro atoms. The quantitative estimate of drug-likeness (QED) is 0.673. The van der Waals surface area contributed by atoms with Crippen LogP contribution < -0.4 is 5.32 Å². The number of rotatable bonds is 3. The fourth-order valence-corrected chi connectivity index (χ4v) is 4.18. The first kappa shape index (κ1) is 14.1. The van der Waals surface area contributed by atoms with Crippen LogP contribution in [0.25, 0.3) is 0 Å². The highest BCUT2D eigenvalue weighted by molar-refractivity contribution is 9.11. The van der Waals surface area contributed by atoms with E-state index in [1.54, 1.807) is 0 Å². The van der Waals surface area contributed by atoms with Gasteiger partial charge in [-0.05, 0) is 66.5 Å². The van der Waals surface area contributed by atoms with Crippen LogP contribution in [0.3, 0.4) is 0 Å². The van der Waals surface area contributed by atoms with Crippen molar-refractivity contribution in [3.8, 4) is 0 Å². The van der Waals surface area contributed by atoms with Gasteiger partial charge in [0.05, 0.1) is 0 Å². The summed E-state index contributed by atoms with van der Waals surface area (Å²) in [6.07, 6.45) is 0. The molecule has 1 atom stereocenters. The molecule has 18 heavy (non-hydrogen) atoms. The van der Waals surface area contributed by atoms with Gasteiger partial charge in [-0.15, -0.1) is 11.3 Å². The molecular weight excluding hydrogens is 374 g/mol. The number of hydrogen-bond acceptors (Lipinski definition) is 2. The first-order valence-electron chi connectivity index (χ1n) is 5.76. The fraction of sp³-hybridized carbons (Fsp3) is 0.286. The van der Waals surface area contributed by atoms with Gasteiger partial charge in [-0.2, -0.15) is 0 Å². The molecule has 1 aromatic carbocycles. The number of anilines is 1. The van der Waals surface area contributed by atoms with Gasteiger partial charge in [0.15, 0.2) is 0 Å². The molecule has 0 fully saturated rings. The molecule has 1 unspecified atom stereocenters. The highest BCUT2D eigenvalue weighted by Gasteiger charge is 2.12. The van der Waals surface area contributed by atoms with Crippen LogP contribution in [0.5, 0.6) is 0 Å². The summed E-state index contributed by atoms with van der Waals surface area (Å²) >= 11 is 8.90. The Bertz CT molecular complexity index is 563. The molecule has 0 bridgehead atoms. The maximum absolute atomic E-state index is 3.58. The fourth-order valence-electron chi connectivity index (χ4n) is 2.00. The van der Waals surface area contributed by atoms with Gasteiger partial charge in [0.25, 0.3) is 0 Å². The maximum atomic E-state index is 3.58. The standard InChI is InChI=1S/C14H15Br2NS/c1-8-6-12(10(3)18-8)9(2)17-14-5-4-11(15)7-13(14)16/h4-7,9,17H,1-3H3. The van der Waals surface area contributed by atoms with E-state index in [2.05, 4.69) is 76.1 Å². The highest BCUT2D eigenvalue weighted by atomic mass is 79.9. The van der Waals surface area contributed by atoms with Gasteiger partial charge in [-0.1, -0.05) is 15.9 Å². The van der Waals surface area contributed by atoms with E-state index in [1.807, 2.05) is 17.4 Å². The topological polar surface area (TPSA) is 12.0 Å². The van der Waals surface area contributed by atoms with Crippen molar-refractivity contribution in [2.45, 2.75) is 26.8 Å². The van der Waals surface area contributed by atoms with Crippen LogP contribution in [-0.2, 0) is 0 Å². The van der Waals surface area contributed by atoms with Crippen molar-refractivity contribution in [1.29, 1.82) is 0 Å². The minimum atomic E-state index is 0.312. The predicted molar refractivity (Wildman–Crippen MR) is 87.7 cm³/mol. The van der Waals surface area contributed by atoms with E-state index in [-0.39, 0.29) is 0 Å². The summed E-state index contributed by atoms with van der Waals surface area (Å²) in [4.78, 5) is 2.76. The number of hydrogen-bond donors (Lipinski definition) is 1. The summed E-state index contributed by atoms with van der Waals surface area (Å²) in [6, 6.07) is 8.77. The number of benzene rings is 1. The lowest BCUT2D eigenvalue weighted by Crippen LogP contribution is -2.07. The minimum absolute atomic E-state index is 0.312. The molecule has 1 nitrogen and oxygen atoms in total. The molecule has 0 aliphatic rings. The third-order valence-electron chi connectivity index (χ3n) is 2.85. The Kier molecular flexibility index (Phi) is 4.51. The van der Waals surface area contributed by atoms with Gasteiger partial charge < -0.3 is 5.32 Å². The lowest BCUT2D eigenvalue weighted by Gasteiger charge is -2.16. The second kappa shape index (κ2) is 5.76. The van der Waals surface area contributed by atoms with Crippen LogP contribution in [0.15, 0.2) is 33.2 Å². The molecular formula is C14H15Br2NS.